The second kappa shape index (κ2) is 11.7. The van der Waals surface area contributed by atoms with Crippen LogP contribution >= 0.6 is 11.3 Å². The molecule has 0 saturated carbocycles. The van der Waals surface area contributed by atoms with Gasteiger partial charge in [-0.05, 0) is 35.2 Å². The fourth-order valence-corrected chi connectivity index (χ4v) is 1.89. The molecule has 1 rings (SSSR count). The molecular weight excluding hydrogens is 240 g/mol. The van der Waals surface area contributed by atoms with Gasteiger partial charge in [-0.1, -0.05) is 26.2 Å². The molecule has 0 unspecified atom stereocenters. The molecule has 1 aromatic heterocycles. The van der Waals surface area contributed by atoms with Crippen molar-refractivity contribution < 1.29 is 21.7 Å². The first-order valence-electron chi connectivity index (χ1n) is 4.44. The Morgan fingerprint density at radius 3 is 2.54 bits per heavy atom. The second-order valence-electron chi connectivity index (χ2n) is 2.94. The first kappa shape index (κ1) is 17.1. The number of rotatable bonds is 5. The predicted molar refractivity (Wildman–Crippen MR) is 60.7 cm³/mol. The maximum Gasteiger partial charge on any atom is 0 e. The molecule has 3 heteroatoms. The van der Waals surface area contributed by atoms with Gasteiger partial charge >= 0.3 is 37.7 Å². The summed E-state index contributed by atoms with van der Waals surface area (Å²) in [6.45, 7) is 2.25. The van der Waals surface area contributed by atoms with E-state index in [0.29, 0.717) is 0 Å². The summed E-state index contributed by atoms with van der Waals surface area (Å²) < 4.78 is 0. The minimum atomic E-state index is 0. The SMILES string of the molecule is CCCCCCc1ccsc1.[CaH2].[Ti]. The average molecular weight is 258 g/mol. The van der Waals surface area contributed by atoms with Crippen molar-refractivity contribution in [3.05, 3.63) is 22.4 Å². The van der Waals surface area contributed by atoms with Gasteiger partial charge in [0, 0.05) is 21.7 Å². The van der Waals surface area contributed by atoms with E-state index in [1.165, 1.54) is 37.7 Å². The Morgan fingerprint density at radius 1 is 1.23 bits per heavy atom. The summed E-state index contributed by atoms with van der Waals surface area (Å²) in [5.41, 5.74) is 1.52. The van der Waals surface area contributed by atoms with Crippen molar-refractivity contribution in [3.8, 4) is 0 Å². The third kappa shape index (κ3) is 8.65. The zero-order valence-corrected chi connectivity index (χ0v) is 10.1. The van der Waals surface area contributed by atoms with Crippen molar-refractivity contribution in [2.45, 2.75) is 39.0 Å². The van der Waals surface area contributed by atoms with Gasteiger partial charge in [0.25, 0.3) is 0 Å². The van der Waals surface area contributed by atoms with Crippen LogP contribution in [0.3, 0.4) is 0 Å². The zero-order chi connectivity index (χ0) is 7.94. The number of aryl methyl sites for hydroxylation is 1. The van der Waals surface area contributed by atoms with E-state index in [2.05, 4.69) is 23.8 Å². The Bertz CT molecular complexity index is 175. The van der Waals surface area contributed by atoms with Crippen molar-refractivity contribution in [1.29, 1.82) is 0 Å². The van der Waals surface area contributed by atoms with Crippen LogP contribution < -0.4 is 0 Å². The minimum absolute atomic E-state index is 0. The van der Waals surface area contributed by atoms with Gasteiger partial charge in [0.1, 0.15) is 0 Å². The Hall–Kier alpha value is 1.67. The fraction of sp³-hybridized carbons (Fsp3) is 0.600. The van der Waals surface area contributed by atoms with E-state index in [1.54, 1.807) is 11.3 Å². The van der Waals surface area contributed by atoms with Crippen molar-refractivity contribution in [2.24, 2.45) is 0 Å². The first-order valence-corrected chi connectivity index (χ1v) is 5.39. The smallest absolute Gasteiger partial charge is 0 e. The van der Waals surface area contributed by atoms with E-state index >= 15 is 0 Å². The second-order valence-corrected chi connectivity index (χ2v) is 3.72. The van der Waals surface area contributed by atoms with Crippen LogP contribution in [0.4, 0.5) is 0 Å². The van der Waals surface area contributed by atoms with Crippen LogP contribution in [0.15, 0.2) is 16.8 Å². The van der Waals surface area contributed by atoms with Gasteiger partial charge in [-0.2, -0.15) is 11.3 Å². The summed E-state index contributed by atoms with van der Waals surface area (Å²) in [6.07, 6.45) is 6.77. The largest absolute Gasteiger partial charge is 0 e. The van der Waals surface area contributed by atoms with E-state index in [0.717, 1.165) is 0 Å². The molecule has 0 aromatic carbocycles. The monoisotopic (exact) mass is 258 g/mol. The Balaban J connectivity index is 0. The predicted octanol–water partition coefficient (Wildman–Crippen LogP) is 2.95. The molecule has 0 amide bonds. The van der Waals surface area contributed by atoms with Crippen molar-refractivity contribution >= 4 is 49.1 Å². The molecule has 0 aliphatic heterocycles. The maximum atomic E-state index is 2.26. The van der Waals surface area contributed by atoms with Gasteiger partial charge < -0.3 is 0 Å². The number of thiophene rings is 1. The van der Waals surface area contributed by atoms with Gasteiger partial charge in [-0.25, -0.2) is 0 Å². The number of unbranched alkanes of at least 4 members (excludes halogenated alkanes) is 3. The molecular formula is C10H18CaSTi. The van der Waals surface area contributed by atoms with Gasteiger partial charge in [-0.15, -0.1) is 0 Å². The van der Waals surface area contributed by atoms with Gasteiger partial charge in [-0.3, -0.25) is 0 Å². The Kier molecular flexibility index (Phi) is 15.4. The molecule has 0 bridgehead atoms. The minimum Gasteiger partial charge on any atom is 0 e. The Labute approximate surface area is 130 Å². The molecule has 0 N–H and O–H groups in total. The molecule has 0 nitrogen and oxygen atoms in total. The molecule has 1 aromatic rings. The fourth-order valence-electron chi connectivity index (χ4n) is 1.19. The van der Waals surface area contributed by atoms with Crippen LogP contribution in [0, 0.1) is 0 Å². The number of hydrogen-bond donors (Lipinski definition) is 0. The summed E-state index contributed by atoms with van der Waals surface area (Å²) in [7, 11) is 0. The van der Waals surface area contributed by atoms with Gasteiger partial charge in [0.15, 0.2) is 0 Å². The zero-order valence-electron chi connectivity index (χ0n) is 7.68. The molecule has 0 aliphatic carbocycles. The van der Waals surface area contributed by atoms with Crippen molar-refractivity contribution in [1.82, 2.24) is 0 Å². The standard InChI is InChI=1S/C10H16S.Ca.Ti.2H/c1-2-3-4-5-6-10-7-8-11-9-10;;;;/h7-9H,2-6H2,1H3;;;;. The van der Waals surface area contributed by atoms with Crippen molar-refractivity contribution in [3.63, 3.8) is 0 Å². The van der Waals surface area contributed by atoms with Crippen LogP contribution in [0.25, 0.3) is 0 Å². The van der Waals surface area contributed by atoms with Crippen LogP contribution in [0.2, 0.25) is 0 Å². The maximum absolute atomic E-state index is 2.26. The van der Waals surface area contributed by atoms with E-state index in [-0.39, 0.29) is 59.5 Å². The van der Waals surface area contributed by atoms with Crippen molar-refractivity contribution in [2.75, 3.05) is 0 Å². The molecule has 0 atom stereocenters. The molecule has 13 heavy (non-hydrogen) atoms. The molecule has 70 valence electrons. The number of hydrogen-bond acceptors (Lipinski definition) is 1. The third-order valence-electron chi connectivity index (χ3n) is 1.90. The topological polar surface area (TPSA) is 0 Å². The molecule has 0 spiro atoms. The van der Waals surface area contributed by atoms with Gasteiger partial charge in [0.2, 0.25) is 0 Å². The summed E-state index contributed by atoms with van der Waals surface area (Å²) in [5, 5.41) is 4.42. The Morgan fingerprint density at radius 2 is 2.00 bits per heavy atom. The van der Waals surface area contributed by atoms with Crippen LogP contribution in [0.5, 0.6) is 0 Å². The first-order chi connectivity index (χ1) is 5.43. The summed E-state index contributed by atoms with van der Waals surface area (Å²) in [4.78, 5) is 0. The summed E-state index contributed by atoms with van der Waals surface area (Å²) in [5.74, 6) is 0. The summed E-state index contributed by atoms with van der Waals surface area (Å²) >= 11 is 1.80. The van der Waals surface area contributed by atoms with E-state index in [1.807, 2.05) is 0 Å². The molecule has 0 aliphatic rings. The van der Waals surface area contributed by atoms with Crippen LogP contribution in [-0.2, 0) is 28.1 Å². The van der Waals surface area contributed by atoms with E-state index in [9.17, 15) is 0 Å². The normalized spacial score (nSPS) is 8.69. The molecule has 0 saturated heterocycles. The molecule has 0 radical (unpaired) electrons. The average Bonchev–Trinajstić information content (AvgIpc) is 2.50. The third-order valence-corrected chi connectivity index (χ3v) is 2.63. The quantitative estimate of drug-likeness (QED) is 0.562. The molecule has 1 heterocycles. The van der Waals surface area contributed by atoms with Crippen LogP contribution in [-0.4, -0.2) is 37.7 Å². The molecule has 0 fully saturated rings. The van der Waals surface area contributed by atoms with E-state index < -0.39 is 0 Å². The van der Waals surface area contributed by atoms with Gasteiger partial charge in [0.05, 0.1) is 0 Å². The van der Waals surface area contributed by atoms with Crippen LogP contribution in [0.1, 0.15) is 38.2 Å². The van der Waals surface area contributed by atoms with E-state index in [4.69, 9.17) is 0 Å². The summed E-state index contributed by atoms with van der Waals surface area (Å²) in [6, 6.07) is 2.23.